The molecule has 5 atom stereocenters. The summed E-state index contributed by atoms with van der Waals surface area (Å²) in [5, 5.41) is 0. The monoisotopic (exact) mass is 346 g/mol. The molecule has 0 radical (unpaired) electrons. The smallest absolute Gasteiger partial charge is 0.303 e. The summed E-state index contributed by atoms with van der Waals surface area (Å²) in [5.74, 6) is 0.0607. The lowest BCUT2D eigenvalue weighted by Crippen LogP contribution is -2.63. The molecule has 1 saturated carbocycles. The molecule has 1 heterocycles. The second-order valence-corrected chi connectivity index (χ2v) is 9.61. The van der Waals surface area contributed by atoms with Crippen LogP contribution in [0.5, 0.6) is 0 Å². The van der Waals surface area contributed by atoms with Crippen molar-refractivity contribution in [3.05, 3.63) is 24.3 Å². The summed E-state index contributed by atoms with van der Waals surface area (Å²) in [4.78, 5) is 11.8. The molecule has 0 amide bonds. The topological polar surface area (TPSA) is 35.5 Å². The maximum atomic E-state index is 11.8. The van der Waals surface area contributed by atoms with Crippen LogP contribution in [0.4, 0.5) is 0 Å². The summed E-state index contributed by atoms with van der Waals surface area (Å²) in [6.45, 7) is 16.9. The van der Waals surface area contributed by atoms with Gasteiger partial charge in [0.1, 0.15) is 6.10 Å². The van der Waals surface area contributed by atoms with Gasteiger partial charge in [-0.3, -0.25) is 4.79 Å². The van der Waals surface area contributed by atoms with Crippen LogP contribution < -0.4 is 0 Å². The summed E-state index contributed by atoms with van der Waals surface area (Å²) in [6.07, 6.45) is 9.42. The predicted octanol–water partition coefficient (Wildman–Crippen LogP) is 5.20. The SMILES string of the molecule is C=C[C@]1(C)CC[C@@]2(O1)C(C)=C[C@H](OC(C)=O)[C@H]1C(C)(C)CCC[C@@]12C. The van der Waals surface area contributed by atoms with Crippen LogP contribution in [0.2, 0.25) is 0 Å². The Bertz CT molecular complexity index is 619. The Kier molecular flexibility index (Phi) is 4.27. The summed E-state index contributed by atoms with van der Waals surface area (Å²) in [5.41, 5.74) is 0.719. The predicted molar refractivity (Wildman–Crippen MR) is 100 cm³/mol. The summed E-state index contributed by atoms with van der Waals surface area (Å²) in [7, 11) is 0. The van der Waals surface area contributed by atoms with Crippen molar-refractivity contribution in [1.29, 1.82) is 0 Å². The van der Waals surface area contributed by atoms with Crippen molar-refractivity contribution in [2.75, 3.05) is 0 Å². The number of hydrogen-bond donors (Lipinski definition) is 0. The van der Waals surface area contributed by atoms with E-state index < -0.39 is 0 Å². The standard InChI is InChI=1S/C22H34O3/c1-8-20(6)12-13-22(25-20)15(2)14-17(24-16(3)23)18-19(4,5)10-9-11-21(18,22)7/h8,14,17-18H,1,9-13H2,2-7H3/t17-,18-,20+,21-,22+/m0/s1. The number of carbonyl (C=O) groups is 1. The Balaban J connectivity index is 2.15. The fraction of sp³-hybridized carbons (Fsp3) is 0.773. The minimum Gasteiger partial charge on any atom is -0.458 e. The van der Waals surface area contributed by atoms with E-state index in [-0.39, 0.29) is 40.0 Å². The number of fused-ring (bicyclic) bond motifs is 2. The molecular weight excluding hydrogens is 312 g/mol. The number of rotatable bonds is 2. The highest BCUT2D eigenvalue weighted by Gasteiger charge is 2.66. The molecule has 3 nitrogen and oxygen atoms in total. The minimum atomic E-state index is -0.283. The zero-order chi connectivity index (χ0) is 18.7. The number of esters is 1. The van der Waals surface area contributed by atoms with Crippen LogP contribution >= 0.6 is 0 Å². The average molecular weight is 347 g/mol. The van der Waals surface area contributed by atoms with Crippen LogP contribution in [-0.4, -0.2) is 23.3 Å². The van der Waals surface area contributed by atoms with Crippen molar-refractivity contribution >= 4 is 5.97 Å². The van der Waals surface area contributed by atoms with Crippen LogP contribution in [0.3, 0.4) is 0 Å². The Hall–Kier alpha value is -1.09. The number of ether oxygens (including phenoxy) is 2. The van der Waals surface area contributed by atoms with Gasteiger partial charge in [-0.2, -0.15) is 0 Å². The van der Waals surface area contributed by atoms with E-state index in [1.807, 2.05) is 6.08 Å². The molecule has 2 fully saturated rings. The summed E-state index contributed by atoms with van der Waals surface area (Å²) < 4.78 is 12.7. The van der Waals surface area contributed by atoms with E-state index in [1.54, 1.807) is 0 Å². The van der Waals surface area contributed by atoms with Gasteiger partial charge in [0.25, 0.3) is 0 Å². The zero-order valence-electron chi connectivity index (χ0n) is 16.8. The molecule has 0 aromatic rings. The molecule has 25 heavy (non-hydrogen) atoms. The van der Waals surface area contributed by atoms with Gasteiger partial charge in [-0.15, -0.1) is 6.58 Å². The van der Waals surface area contributed by atoms with Crippen LogP contribution in [-0.2, 0) is 14.3 Å². The van der Waals surface area contributed by atoms with Crippen molar-refractivity contribution in [2.24, 2.45) is 16.7 Å². The molecule has 3 heteroatoms. The molecule has 0 N–H and O–H groups in total. The van der Waals surface area contributed by atoms with Gasteiger partial charge < -0.3 is 9.47 Å². The molecule has 0 bridgehead atoms. The Labute approximate surface area is 152 Å². The molecule has 0 aromatic carbocycles. The van der Waals surface area contributed by atoms with E-state index in [2.05, 4.69) is 47.3 Å². The van der Waals surface area contributed by atoms with E-state index in [1.165, 1.54) is 18.9 Å². The van der Waals surface area contributed by atoms with Gasteiger partial charge in [-0.1, -0.05) is 33.3 Å². The van der Waals surface area contributed by atoms with E-state index in [4.69, 9.17) is 9.47 Å². The molecule has 3 rings (SSSR count). The lowest BCUT2D eigenvalue weighted by molar-refractivity contribution is -0.206. The molecule has 140 valence electrons. The number of hydrogen-bond acceptors (Lipinski definition) is 3. The van der Waals surface area contributed by atoms with E-state index >= 15 is 0 Å². The summed E-state index contributed by atoms with van der Waals surface area (Å²) in [6, 6.07) is 0. The fourth-order valence-electron chi connectivity index (χ4n) is 6.31. The van der Waals surface area contributed by atoms with Crippen molar-refractivity contribution in [3.8, 4) is 0 Å². The summed E-state index contributed by atoms with van der Waals surface area (Å²) >= 11 is 0. The lowest BCUT2D eigenvalue weighted by atomic mass is 9.46. The molecule has 0 aromatic heterocycles. The van der Waals surface area contributed by atoms with Crippen molar-refractivity contribution in [2.45, 2.75) is 91.0 Å². The van der Waals surface area contributed by atoms with Gasteiger partial charge in [-0.05, 0) is 56.6 Å². The van der Waals surface area contributed by atoms with Crippen molar-refractivity contribution in [1.82, 2.24) is 0 Å². The first-order valence-electron chi connectivity index (χ1n) is 9.70. The van der Waals surface area contributed by atoms with Crippen LogP contribution in [0, 0.1) is 16.7 Å². The second-order valence-electron chi connectivity index (χ2n) is 9.61. The lowest BCUT2D eigenvalue weighted by Gasteiger charge is -2.62. The largest absolute Gasteiger partial charge is 0.458 e. The second kappa shape index (κ2) is 5.70. The van der Waals surface area contributed by atoms with Gasteiger partial charge in [-0.25, -0.2) is 0 Å². The van der Waals surface area contributed by atoms with E-state index in [9.17, 15) is 4.79 Å². The Morgan fingerprint density at radius 2 is 1.92 bits per heavy atom. The van der Waals surface area contributed by atoms with Gasteiger partial charge >= 0.3 is 5.97 Å². The first-order valence-corrected chi connectivity index (χ1v) is 9.70. The highest BCUT2D eigenvalue weighted by molar-refractivity contribution is 5.66. The quantitative estimate of drug-likeness (QED) is 0.509. The van der Waals surface area contributed by atoms with Crippen LogP contribution in [0.1, 0.15) is 73.6 Å². The molecule has 1 aliphatic heterocycles. The third-order valence-electron chi connectivity index (χ3n) is 7.46. The Morgan fingerprint density at radius 3 is 2.48 bits per heavy atom. The zero-order valence-corrected chi connectivity index (χ0v) is 16.8. The third-order valence-corrected chi connectivity index (χ3v) is 7.46. The van der Waals surface area contributed by atoms with E-state index in [0.29, 0.717) is 0 Å². The maximum absolute atomic E-state index is 11.8. The molecule has 3 aliphatic rings. The molecule has 1 spiro atoms. The van der Waals surface area contributed by atoms with Gasteiger partial charge in [0, 0.05) is 18.3 Å². The molecular formula is C22H34O3. The average Bonchev–Trinajstić information content (AvgIpc) is 2.85. The van der Waals surface area contributed by atoms with Gasteiger partial charge in [0.2, 0.25) is 0 Å². The van der Waals surface area contributed by atoms with Gasteiger partial charge in [0.05, 0.1) is 11.2 Å². The first-order chi connectivity index (χ1) is 11.5. The third kappa shape index (κ3) is 2.61. The van der Waals surface area contributed by atoms with E-state index in [0.717, 1.165) is 25.7 Å². The van der Waals surface area contributed by atoms with Crippen molar-refractivity contribution in [3.63, 3.8) is 0 Å². The first kappa shape index (κ1) is 18.7. The normalized spacial score (nSPS) is 45.6. The number of carbonyl (C=O) groups excluding carboxylic acids is 1. The maximum Gasteiger partial charge on any atom is 0.303 e. The molecule has 1 saturated heterocycles. The molecule has 0 unspecified atom stereocenters. The molecule has 2 aliphatic carbocycles. The highest BCUT2D eigenvalue weighted by Crippen LogP contribution is 2.66. The Morgan fingerprint density at radius 1 is 1.24 bits per heavy atom. The van der Waals surface area contributed by atoms with Gasteiger partial charge in [0.15, 0.2) is 0 Å². The van der Waals surface area contributed by atoms with Crippen LogP contribution in [0.15, 0.2) is 24.3 Å². The highest BCUT2D eigenvalue weighted by atomic mass is 16.5. The van der Waals surface area contributed by atoms with Crippen molar-refractivity contribution < 1.29 is 14.3 Å². The fourth-order valence-corrected chi connectivity index (χ4v) is 6.31. The van der Waals surface area contributed by atoms with Crippen LogP contribution in [0.25, 0.3) is 0 Å². The minimum absolute atomic E-state index is 0.0472.